The highest BCUT2D eigenvalue weighted by Gasteiger charge is 2.06. The first kappa shape index (κ1) is 10.8. The highest BCUT2D eigenvalue weighted by molar-refractivity contribution is 5.14. The first-order chi connectivity index (χ1) is 7.75. The molecule has 0 bridgehead atoms. The SMILES string of the molecule is CC(NCc1ncc[nH]1)c1cncc(F)c1. The zero-order chi connectivity index (χ0) is 11.4. The summed E-state index contributed by atoms with van der Waals surface area (Å²) < 4.78 is 12.9. The predicted molar refractivity (Wildman–Crippen MR) is 58.0 cm³/mol. The maximum Gasteiger partial charge on any atom is 0.141 e. The van der Waals surface area contributed by atoms with E-state index in [0.717, 1.165) is 11.4 Å². The summed E-state index contributed by atoms with van der Waals surface area (Å²) in [6.07, 6.45) is 6.32. The monoisotopic (exact) mass is 220 g/mol. The zero-order valence-corrected chi connectivity index (χ0v) is 8.94. The Balaban J connectivity index is 1.95. The summed E-state index contributed by atoms with van der Waals surface area (Å²) in [6.45, 7) is 2.57. The van der Waals surface area contributed by atoms with Crippen molar-refractivity contribution in [1.29, 1.82) is 0 Å². The van der Waals surface area contributed by atoms with Gasteiger partial charge in [-0.3, -0.25) is 4.98 Å². The first-order valence-electron chi connectivity index (χ1n) is 5.08. The number of hydrogen-bond donors (Lipinski definition) is 2. The number of nitrogens with one attached hydrogen (secondary N) is 2. The second kappa shape index (κ2) is 4.85. The van der Waals surface area contributed by atoms with Gasteiger partial charge in [-0.1, -0.05) is 0 Å². The van der Waals surface area contributed by atoms with E-state index >= 15 is 0 Å². The Hall–Kier alpha value is -1.75. The van der Waals surface area contributed by atoms with Gasteiger partial charge in [0.15, 0.2) is 0 Å². The second-order valence-electron chi connectivity index (χ2n) is 3.57. The van der Waals surface area contributed by atoms with Crippen LogP contribution in [0.3, 0.4) is 0 Å². The Morgan fingerprint density at radius 2 is 2.38 bits per heavy atom. The number of halogens is 1. The largest absolute Gasteiger partial charge is 0.348 e. The van der Waals surface area contributed by atoms with Gasteiger partial charge in [0.1, 0.15) is 11.6 Å². The van der Waals surface area contributed by atoms with Crippen molar-refractivity contribution in [3.63, 3.8) is 0 Å². The van der Waals surface area contributed by atoms with E-state index in [0.29, 0.717) is 6.54 Å². The molecule has 16 heavy (non-hydrogen) atoms. The normalized spacial score (nSPS) is 12.6. The Bertz CT molecular complexity index is 441. The summed E-state index contributed by atoms with van der Waals surface area (Å²) in [6, 6.07) is 1.51. The highest BCUT2D eigenvalue weighted by Crippen LogP contribution is 2.12. The second-order valence-corrected chi connectivity index (χ2v) is 3.57. The molecule has 0 radical (unpaired) electrons. The van der Waals surface area contributed by atoms with Crippen molar-refractivity contribution in [2.24, 2.45) is 0 Å². The van der Waals surface area contributed by atoms with E-state index in [-0.39, 0.29) is 11.9 Å². The molecule has 0 spiro atoms. The van der Waals surface area contributed by atoms with Crippen LogP contribution in [0, 0.1) is 5.82 Å². The molecule has 5 heteroatoms. The lowest BCUT2D eigenvalue weighted by molar-refractivity contribution is 0.551. The summed E-state index contributed by atoms with van der Waals surface area (Å²) in [5, 5.41) is 3.23. The quantitative estimate of drug-likeness (QED) is 0.826. The van der Waals surface area contributed by atoms with Crippen LogP contribution < -0.4 is 5.32 Å². The van der Waals surface area contributed by atoms with E-state index in [9.17, 15) is 4.39 Å². The third kappa shape index (κ3) is 2.64. The molecule has 2 aromatic rings. The van der Waals surface area contributed by atoms with Crippen LogP contribution in [0.15, 0.2) is 30.9 Å². The van der Waals surface area contributed by atoms with Crippen molar-refractivity contribution in [3.05, 3.63) is 48.1 Å². The van der Waals surface area contributed by atoms with Crippen LogP contribution in [0.4, 0.5) is 4.39 Å². The molecule has 2 N–H and O–H groups in total. The van der Waals surface area contributed by atoms with Crippen LogP contribution >= 0.6 is 0 Å². The standard InChI is InChI=1S/C11H13FN4/c1-8(9-4-10(12)6-13-5-9)16-7-11-14-2-3-15-11/h2-6,8,16H,7H2,1H3,(H,14,15). The minimum absolute atomic E-state index is 0.0355. The molecule has 84 valence electrons. The fraction of sp³-hybridized carbons (Fsp3) is 0.273. The van der Waals surface area contributed by atoms with E-state index in [4.69, 9.17) is 0 Å². The van der Waals surface area contributed by atoms with Crippen molar-refractivity contribution >= 4 is 0 Å². The Morgan fingerprint density at radius 3 is 3.06 bits per heavy atom. The van der Waals surface area contributed by atoms with Gasteiger partial charge in [0.25, 0.3) is 0 Å². The number of aromatic nitrogens is 3. The number of nitrogens with zero attached hydrogens (tertiary/aromatic N) is 2. The van der Waals surface area contributed by atoms with E-state index in [2.05, 4.69) is 20.3 Å². The van der Waals surface area contributed by atoms with Crippen molar-refractivity contribution in [1.82, 2.24) is 20.3 Å². The molecule has 0 saturated heterocycles. The van der Waals surface area contributed by atoms with Gasteiger partial charge in [-0.05, 0) is 18.6 Å². The van der Waals surface area contributed by atoms with E-state index in [1.54, 1.807) is 18.6 Å². The summed E-state index contributed by atoms with van der Waals surface area (Å²) in [5.74, 6) is 0.542. The van der Waals surface area contributed by atoms with Crippen molar-refractivity contribution < 1.29 is 4.39 Å². The minimum Gasteiger partial charge on any atom is -0.348 e. The van der Waals surface area contributed by atoms with Crippen LogP contribution in [-0.2, 0) is 6.54 Å². The van der Waals surface area contributed by atoms with Gasteiger partial charge < -0.3 is 10.3 Å². The van der Waals surface area contributed by atoms with Crippen LogP contribution in [0.2, 0.25) is 0 Å². The van der Waals surface area contributed by atoms with Gasteiger partial charge in [0.05, 0.1) is 12.7 Å². The molecule has 0 fully saturated rings. The average Bonchev–Trinajstić information content (AvgIpc) is 2.78. The smallest absolute Gasteiger partial charge is 0.141 e. The Labute approximate surface area is 92.9 Å². The fourth-order valence-corrected chi connectivity index (χ4v) is 1.43. The number of H-pyrrole nitrogens is 1. The van der Waals surface area contributed by atoms with Gasteiger partial charge >= 0.3 is 0 Å². The lowest BCUT2D eigenvalue weighted by Crippen LogP contribution is -2.19. The maximum absolute atomic E-state index is 12.9. The lowest BCUT2D eigenvalue weighted by atomic mass is 10.1. The van der Waals surface area contributed by atoms with Crippen LogP contribution in [-0.4, -0.2) is 15.0 Å². The summed E-state index contributed by atoms with van der Waals surface area (Å²) in [4.78, 5) is 10.9. The molecule has 2 aromatic heterocycles. The fourth-order valence-electron chi connectivity index (χ4n) is 1.43. The third-order valence-electron chi connectivity index (χ3n) is 2.36. The number of pyridine rings is 1. The number of rotatable bonds is 4. The molecule has 1 atom stereocenters. The molecule has 0 amide bonds. The third-order valence-corrected chi connectivity index (χ3v) is 2.36. The molecular formula is C11H13FN4. The Kier molecular flexibility index (Phi) is 3.26. The molecule has 1 unspecified atom stereocenters. The van der Waals surface area contributed by atoms with E-state index < -0.39 is 0 Å². The van der Waals surface area contributed by atoms with Crippen molar-refractivity contribution in [3.8, 4) is 0 Å². The molecule has 2 rings (SSSR count). The maximum atomic E-state index is 12.9. The molecule has 0 aliphatic rings. The van der Waals surface area contributed by atoms with Gasteiger partial charge in [0.2, 0.25) is 0 Å². The van der Waals surface area contributed by atoms with Crippen molar-refractivity contribution in [2.75, 3.05) is 0 Å². The minimum atomic E-state index is -0.316. The van der Waals surface area contributed by atoms with E-state index in [1.165, 1.54) is 12.3 Å². The van der Waals surface area contributed by atoms with E-state index in [1.807, 2.05) is 6.92 Å². The number of aromatic amines is 1. The highest BCUT2D eigenvalue weighted by atomic mass is 19.1. The first-order valence-corrected chi connectivity index (χ1v) is 5.08. The van der Waals surface area contributed by atoms with Gasteiger partial charge in [-0.15, -0.1) is 0 Å². The summed E-state index contributed by atoms with van der Waals surface area (Å²) >= 11 is 0. The van der Waals surface area contributed by atoms with Crippen LogP contribution in [0.25, 0.3) is 0 Å². The van der Waals surface area contributed by atoms with Gasteiger partial charge in [-0.2, -0.15) is 0 Å². The van der Waals surface area contributed by atoms with Gasteiger partial charge in [0, 0.05) is 24.6 Å². The topological polar surface area (TPSA) is 53.6 Å². The average molecular weight is 220 g/mol. The molecule has 0 saturated carbocycles. The molecule has 0 aliphatic heterocycles. The zero-order valence-electron chi connectivity index (χ0n) is 8.94. The summed E-state index contributed by atoms with van der Waals surface area (Å²) in [7, 11) is 0. The molecule has 0 aromatic carbocycles. The van der Waals surface area contributed by atoms with Crippen molar-refractivity contribution in [2.45, 2.75) is 19.5 Å². The number of imidazole rings is 1. The van der Waals surface area contributed by atoms with Gasteiger partial charge in [-0.25, -0.2) is 9.37 Å². The number of hydrogen-bond acceptors (Lipinski definition) is 3. The Morgan fingerprint density at radius 1 is 1.50 bits per heavy atom. The predicted octanol–water partition coefficient (Wildman–Crippen LogP) is 1.79. The molecule has 2 heterocycles. The lowest BCUT2D eigenvalue weighted by Gasteiger charge is -2.12. The molecule has 4 nitrogen and oxygen atoms in total. The molecular weight excluding hydrogens is 207 g/mol. The summed E-state index contributed by atoms with van der Waals surface area (Å²) in [5.41, 5.74) is 0.826. The van der Waals surface area contributed by atoms with Crippen LogP contribution in [0.1, 0.15) is 24.4 Å². The molecule has 0 aliphatic carbocycles. The van der Waals surface area contributed by atoms with Crippen LogP contribution in [0.5, 0.6) is 0 Å².